The number of benzene rings is 1. The fourth-order valence-corrected chi connectivity index (χ4v) is 1.66. The summed E-state index contributed by atoms with van der Waals surface area (Å²) in [7, 11) is 0. The van der Waals surface area contributed by atoms with Gasteiger partial charge in [-0.2, -0.15) is 0 Å². The van der Waals surface area contributed by atoms with Crippen molar-refractivity contribution in [2.45, 2.75) is 32.7 Å². The Hall–Kier alpha value is -1.62. The summed E-state index contributed by atoms with van der Waals surface area (Å²) in [6.45, 7) is 6.31. The molecule has 0 radical (unpaired) electrons. The summed E-state index contributed by atoms with van der Waals surface area (Å²) in [5, 5.41) is 2.94. The van der Waals surface area contributed by atoms with Crippen molar-refractivity contribution in [3.05, 3.63) is 30.3 Å². The highest BCUT2D eigenvalue weighted by molar-refractivity contribution is 7.80. The number of para-hydroxylation sites is 1. The van der Waals surface area contributed by atoms with Crippen molar-refractivity contribution in [3.63, 3.8) is 0 Å². The van der Waals surface area contributed by atoms with Crippen LogP contribution in [-0.2, 0) is 0 Å². The third-order valence-corrected chi connectivity index (χ3v) is 2.58. The largest absolute Gasteiger partial charge is 0.393 e. The van der Waals surface area contributed by atoms with Crippen LogP contribution < -0.4 is 16.0 Å². The number of nitrogens with two attached hydrogens (primary N) is 1. The average molecular weight is 279 g/mol. The van der Waals surface area contributed by atoms with E-state index in [0.717, 1.165) is 5.69 Å². The third kappa shape index (κ3) is 5.70. The number of nitrogens with one attached hydrogen (secondary N) is 1. The van der Waals surface area contributed by atoms with Crippen molar-refractivity contribution in [1.29, 1.82) is 0 Å². The molecule has 4 nitrogen and oxygen atoms in total. The Balaban J connectivity index is 2.86. The number of carbonyl (C=O) groups excluding carboxylic acids is 1. The van der Waals surface area contributed by atoms with Gasteiger partial charge in [-0.3, -0.25) is 4.90 Å². The lowest BCUT2D eigenvalue weighted by molar-refractivity contribution is 0.238. The summed E-state index contributed by atoms with van der Waals surface area (Å²) in [4.78, 5) is 14.4. The Labute approximate surface area is 120 Å². The predicted octanol–water partition coefficient (Wildman–Crippen LogP) is 2.68. The van der Waals surface area contributed by atoms with Crippen LogP contribution in [0.25, 0.3) is 0 Å². The summed E-state index contributed by atoms with van der Waals surface area (Å²) in [5.41, 5.74) is 6.07. The lowest BCUT2D eigenvalue weighted by Crippen LogP contribution is -2.49. The average Bonchev–Trinajstić information content (AvgIpc) is 2.27. The minimum Gasteiger partial charge on any atom is -0.393 e. The van der Waals surface area contributed by atoms with Gasteiger partial charge in [-0.1, -0.05) is 30.4 Å². The van der Waals surface area contributed by atoms with Gasteiger partial charge < -0.3 is 11.1 Å². The van der Waals surface area contributed by atoms with Crippen molar-refractivity contribution in [2.75, 3.05) is 11.4 Å². The van der Waals surface area contributed by atoms with E-state index in [1.54, 1.807) is 4.90 Å². The Bertz CT molecular complexity index is 440. The van der Waals surface area contributed by atoms with Gasteiger partial charge in [0.25, 0.3) is 0 Å². The second-order valence-corrected chi connectivity index (χ2v) is 5.91. The second-order valence-electron chi connectivity index (χ2n) is 5.38. The molecule has 0 spiro atoms. The molecule has 0 aromatic heterocycles. The Morgan fingerprint density at radius 3 is 2.37 bits per heavy atom. The summed E-state index contributed by atoms with van der Waals surface area (Å²) in [5.74, 6) is 0. The molecule has 0 fully saturated rings. The summed E-state index contributed by atoms with van der Waals surface area (Å²) in [6, 6.07) is 9.34. The summed E-state index contributed by atoms with van der Waals surface area (Å²) < 4.78 is 0. The van der Waals surface area contributed by atoms with E-state index in [1.807, 2.05) is 51.1 Å². The lowest BCUT2D eigenvalue weighted by atomic mass is 10.1. The van der Waals surface area contributed by atoms with E-state index in [9.17, 15) is 4.79 Å². The molecular formula is C14H21N3OS. The van der Waals surface area contributed by atoms with Crippen molar-refractivity contribution in [2.24, 2.45) is 5.73 Å². The molecule has 0 aliphatic heterocycles. The van der Waals surface area contributed by atoms with Crippen molar-refractivity contribution in [1.82, 2.24) is 5.32 Å². The van der Waals surface area contributed by atoms with Crippen LogP contribution in [0.5, 0.6) is 0 Å². The van der Waals surface area contributed by atoms with E-state index < -0.39 is 0 Å². The van der Waals surface area contributed by atoms with Gasteiger partial charge in [-0.05, 0) is 32.9 Å². The van der Waals surface area contributed by atoms with Gasteiger partial charge in [0.2, 0.25) is 0 Å². The van der Waals surface area contributed by atoms with E-state index in [4.69, 9.17) is 18.0 Å². The van der Waals surface area contributed by atoms with Crippen LogP contribution in [0, 0.1) is 0 Å². The standard InChI is InChI=1S/C14H21N3OS/c1-14(2,3)16-13(18)17(10-9-12(15)19)11-7-5-4-6-8-11/h4-8H,9-10H2,1-3H3,(H2,15,19)(H,16,18). The fraction of sp³-hybridized carbons (Fsp3) is 0.429. The van der Waals surface area contributed by atoms with Gasteiger partial charge >= 0.3 is 6.03 Å². The molecule has 2 amide bonds. The number of rotatable bonds is 4. The maximum atomic E-state index is 12.3. The van der Waals surface area contributed by atoms with E-state index >= 15 is 0 Å². The van der Waals surface area contributed by atoms with Crippen LogP contribution in [0.1, 0.15) is 27.2 Å². The first-order valence-corrected chi connectivity index (χ1v) is 6.63. The van der Waals surface area contributed by atoms with Crippen LogP contribution >= 0.6 is 12.2 Å². The Kier molecular flexibility index (Phi) is 5.30. The molecule has 0 unspecified atom stereocenters. The monoisotopic (exact) mass is 279 g/mol. The summed E-state index contributed by atoms with van der Waals surface area (Å²) in [6.07, 6.45) is 0.502. The first kappa shape index (κ1) is 15.4. The first-order chi connectivity index (χ1) is 8.79. The van der Waals surface area contributed by atoms with Gasteiger partial charge in [0.15, 0.2) is 0 Å². The molecule has 0 heterocycles. The SMILES string of the molecule is CC(C)(C)NC(=O)N(CCC(N)=S)c1ccccc1. The molecule has 0 aliphatic carbocycles. The molecule has 0 atom stereocenters. The third-order valence-electron chi connectivity index (χ3n) is 2.38. The molecule has 1 rings (SSSR count). The maximum Gasteiger partial charge on any atom is 0.322 e. The van der Waals surface area contributed by atoms with E-state index in [-0.39, 0.29) is 11.6 Å². The van der Waals surface area contributed by atoms with Gasteiger partial charge in [0.05, 0.1) is 4.99 Å². The second kappa shape index (κ2) is 6.52. The molecule has 0 saturated carbocycles. The molecule has 1 aromatic carbocycles. The smallest absolute Gasteiger partial charge is 0.322 e. The number of amides is 2. The fourth-order valence-electron chi connectivity index (χ4n) is 1.57. The van der Waals surface area contributed by atoms with Gasteiger partial charge in [-0.25, -0.2) is 4.79 Å². The van der Waals surface area contributed by atoms with Crippen LogP contribution in [0.2, 0.25) is 0 Å². The minimum atomic E-state index is -0.284. The van der Waals surface area contributed by atoms with E-state index in [2.05, 4.69) is 5.32 Å². The number of carbonyl (C=O) groups is 1. The molecule has 1 aromatic rings. The topological polar surface area (TPSA) is 58.4 Å². The highest BCUT2D eigenvalue weighted by atomic mass is 32.1. The normalized spacial score (nSPS) is 10.9. The van der Waals surface area contributed by atoms with Crippen LogP contribution in [0.4, 0.5) is 10.5 Å². The Morgan fingerprint density at radius 2 is 1.89 bits per heavy atom. The predicted molar refractivity (Wildman–Crippen MR) is 83.5 cm³/mol. The molecular weight excluding hydrogens is 258 g/mol. The van der Waals surface area contributed by atoms with Crippen LogP contribution in [0.15, 0.2) is 30.3 Å². The van der Waals surface area contributed by atoms with Crippen LogP contribution in [-0.4, -0.2) is 23.1 Å². The van der Waals surface area contributed by atoms with Crippen molar-refractivity contribution in [3.8, 4) is 0 Å². The molecule has 19 heavy (non-hydrogen) atoms. The highest BCUT2D eigenvalue weighted by Gasteiger charge is 2.20. The molecule has 0 aliphatic rings. The molecule has 5 heteroatoms. The van der Waals surface area contributed by atoms with Gasteiger partial charge in [-0.15, -0.1) is 0 Å². The zero-order valence-corrected chi connectivity index (χ0v) is 12.5. The molecule has 0 bridgehead atoms. The van der Waals surface area contributed by atoms with Crippen molar-refractivity contribution < 1.29 is 4.79 Å². The molecule has 104 valence electrons. The quantitative estimate of drug-likeness (QED) is 0.833. The Morgan fingerprint density at radius 1 is 1.32 bits per heavy atom. The van der Waals surface area contributed by atoms with E-state index in [1.165, 1.54) is 0 Å². The number of nitrogens with zero attached hydrogens (tertiary/aromatic N) is 1. The van der Waals surface area contributed by atoms with Gasteiger partial charge in [0, 0.05) is 24.2 Å². The zero-order valence-electron chi connectivity index (χ0n) is 11.6. The van der Waals surface area contributed by atoms with Crippen molar-refractivity contribution >= 4 is 28.9 Å². The van der Waals surface area contributed by atoms with Gasteiger partial charge in [0.1, 0.15) is 0 Å². The van der Waals surface area contributed by atoms with Crippen LogP contribution in [0.3, 0.4) is 0 Å². The molecule has 0 saturated heterocycles. The highest BCUT2D eigenvalue weighted by Crippen LogP contribution is 2.15. The number of thiocarbonyl (C=S) groups is 1. The number of hydrogen-bond acceptors (Lipinski definition) is 2. The molecule has 3 N–H and O–H groups in total. The zero-order chi connectivity index (χ0) is 14.5. The van der Waals surface area contributed by atoms with E-state index in [0.29, 0.717) is 18.0 Å². The minimum absolute atomic E-state index is 0.144. The lowest BCUT2D eigenvalue weighted by Gasteiger charge is -2.28. The number of urea groups is 1. The number of hydrogen-bond donors (Lipinski definition) is 2. The maximum absolute atomic E-state index is 12.3. The first-order valence-electron chi connectivity index (χ1n) is 6.22. The number of anilines is 1. The summed E-state index contributed by atoms with van der Waals surface area (Å²) >= 11 is 4.88.